The first-order valence-electron chi connectivity index (χ1n) is 10.8. The van der Waals surface area contributed by atoms with Gasteiger partial charge in [0.25, 0.3) is 5.91 Å². The average Bonchev–Trinajstić information content (AvgIpc) is 3.28. The second-order valence-corrected chi connectivity index (χ2v) is 7.93. The molecule has 3 rings (SSSR count). The molecule has 1 unspecified atom stereocenters. The molecule has 0 saturated carbocycles. The van der Waals surface area contributed by atoms with Gasteiger partial charge in [-0.1, -0.05) is 25.1 Å². The van der Waals surface area contributed by atoms with Gasteiger partial charge in [0.2, 0.25) is 0 Å². The normalized spacial score (nSPS) is 19.7. The number of hydrogen-bond acceptors (Lipinski definition) is 5. The molecule has 28 heavy (non-hydrogen) atoms. The zero-order valence-corrected chi connectivity index (χ0v) is 17.5. The Morgan fingerprint density at radius 2 is 1.82 bits per heavy atom. The zero-order valence-electron chi connectivity index (χ0n) is 17.5. The zero-order chi connectivity index (χ0) is 19.8. The largest absolute Gasteiger partial charge is 0.483 e. The lowest BCUT2D eigenvalue weighted by Crippen LogP contribution is -2.51. The van der Waals surface area contributed by atoms with Crippen LogP contribution in [0.2, 0.25) is 0 Å². The van der Waals surface area contributed by atoms with Gasteiger partial charge in [-0.3, -0.25) is 9.69 Å². The number of amides is 1. The fourth-order valence-electron chi connectivity index (χ4n) is 4.05. The molecule has 156 valence electrons. The highest BCUT2D eigenvalue weighted by atomic mass is 16.5. The van der Waals surface area contributed by atoms with E-state index in [1.807, 2.05) is 23.1 Å². The molecule has 2 saturated heterocycles. The molecular weight excluding hydrogens is 352 g/mol. The third kappa shape index (κ3) is 5.93. The lowest BCUT2D eigenvalue weighted by atomic mass is 10.2. The minimum atomic E-state index is 0.0973. The van der Waals surface area contributed by atoms with Crippen molar-refractivity contribution in [3.8, 4) is 5.75 Å². The summed E-state index contributed by atoms with van der Waals surface area (Å²) in [6, 6.07) is 8.55. The van der Waals surface area contributed by atoms with Crippen LogP contribution in [0, 0.1) is 0 Å². The van der Waals surface area contributed by atoms with Crippen LogP contribution in [0.25, 0.3) is 0 Å². The summed E-state index contributed by atoms with van der Waals surface area (Å²) >= 11 is 0. The molecule has 0 aliphatic carbocycles. The number of likely N-dealkylation sites (N-methyl/N-ethyl adjacent to an activating group) is 1. The van der Waals surface area contributed by atoms with E-state index in [1.54, 1.807) is 0 Å². The molecule has 2 heterocycles. The fourth-order valence-corrected chi connectivity index (χ4v) is 4.05. The van der Waals surface area contributed by atoms with Gasteiger partial charge < -0.3 is 19.9 Å². The van der Waals surface area contributed by atoms with Crippen molar-refractivity contribution in [3.05, 3.63) is 29.8 Å². The van der Waals surface area contributed by atoms with Crippen molar-refractivity contribution in [2.75, 3.05) is 59.0 Å². The van der Waals surface area contributed by atoms with Crippen molar-refractivity contribution in [2.45, 2.75) is 39.3 Å². The maximum absolute atomic E-state index is 12.2. The summed E-state index contributed by atoms with van der Waals surface area (Å²) in [6.45, 7) is 13.9. The third-order valence-electron chi connectivity index (χ3n) is 6.02. The van der Waals surface area contributed by atoms with Crippen molar-refractivity contribution in [1.82, 2.24) is 20.0 Å². The van der Waals surface area contributed by atoms with Crippen LogP contribution in [0.4, 0.5) is 0 Å². The summed E-state index contributed by atoms with van der Waals surface area (Å²) < 4.78 is 5.86. The molecule has 0 bridgehead atoms. The quantitative estimate of drug-likeness (QED) is 0.699. The lowest BCUT2D eigenvalue weighted by molar-refractivity contribution is -0.132. The van der Waals surface area contributed by atoms with Crippen molar-refractivity contribution in [2.24, 2.45) is 0 Å². The highest BCUT2D eigenvalue weighted by molar-refractivity contribution is 5.78. The van der Waals surface area contributed by atoms with Crippen molar-refractivity contribution >= 4 is 5.91 Å². The number of para-hydroxylation sites is 1. The summed E-state index contributed by atoms with van der Waals surface area (Å²) in [5, 5.41) is 3.58. The topological polar surface area (TPSA) is 48.1 Å². The van der Waals surface area contributed by atoms with Gasteiger partial charge in [-0.15, -0.1) is 0 Å². The number of carbonyl (C=O) groups excluding carboxylic acids is 1. The second-order valence-electron chi connectivity index (χ2n) is 7.93. The first kappa shape index (κ1) is 21.1. The molecule has 1 aromatic carbocycles. The third-order valence-corrected chi connectivity index (χ3v) is 6.02. The summed E-state index contributed by atoms with van der Waals surface area (Å²) in [6.07, 6.45) is 2.22. The Bertz CT molecular complexity index is 610. The summed E-state index contributed by atoms with van der Waals surface area (Å²) in [4.78, 5) is 19.2. The van der Waals surface area contributed by atoms with Gasteiger partial charge in [0, 0.05) is 64.0 Å². The number of hydrogen-bond donors (Lipinski definition) is 1. The Morgan fingerprint density at radius 3 is 2.54 bits per heavy atom. The van der Waals surface area contributed by atoms with E-state index in [4.69, 9.17) is 4.74 Å². The summed E-state index contributed by atoms with van der Waals surface area (Å²) in [5.74, 6) is 0.909. The van der Waals surface area contributed by atoms with Crippen LogP contribution in [0.15, 0.2) is 24.3 Å². The van der Waals surface area contributed by atoms with Crippen molar-refractivity contribution in [3.63, 3.8) is 0 Å². The van der Waals surface area contributed by atoms with Crippen LogP contribution in [0.1, 0.15) is 32.3 Å². The second kappa shape index (κ2) is 10.8. The van der Waals surface area contributed by atoms with E-state index in [0.29, 0.717) is 6.04 Å². The smallest absolute Gasteiger partial charge is 0.260 e. The van der Waals surface area contributed by atoms with E-state index in [1.165, 1.54) is 13.1 Å². The predicted molar refractivity (Wildman–Crippen MR) is 113 cm³/mol. The first-order valence-corrected chi connectivity index (χ1v) is 10.8. The molecule has 2 fully saturated rings. The molecule has 1 aromatic rings. The van der Waals surface area contributed by atoms with E-state index in [0.717, 1.165) is 70.0 Å². The highest BCUT2D eigenvalue weighted by Gasteiger charge is 2.20. The van der Waals surface area contributed by atoms with Crippen LogP contribution in [-0.2, 0) is 11.3 Å². The number of benzene rings is 1. The van der Waals surface area contributed by atoms with Gasteiger partial charge in [-0.2, -0.15) is 0 Å². The maximum atomic E-state index is 12.2. The van der Waals surface area contributed by atoms with Gasteiger partial charge >= 0.3 is 0 Å². The standard InChI is InChI=1S/C22H36N4O2/c1-3-24-12-14-25(15-13-24)19(2)16-23-17-20-8-4-5-9-21(20)28-18-22(27)26-10-6-7-11-26/h4-5,8-9,19,23H,3,6-7,10-18H2,1-2H3. The number of carbonyl (C=O) groups is 1. The fraction of sp³-hybridized carbons (Fsp3) is 0.682. The molecule has 1 N–H and O–H groups in total. The molecule has 0 aromatic heterocycles. The van der Waals surface area contributed by atoms with Gasteiger partial charge in [-0.25, -0.2) is 0 Å². The number of piperazine rings is 1. The van der Waals surface area contributed by atoms with Gasteiger partial charge in [0.15, 0.2) is 6.61 Å². The number of nitrogens with zero attached hydrogens (tertiary/aromatic N) is 3. The Morgan fingerprint density at radius 1 is 1.11 bits per heavy atom. The van der Waals surface area contributed by atoms with Crippen LogP contribution in [-0.4, -0.2) is 85.6 Å². The van der Waals surface area contributed by atoms with E-state index in [-0.39, 0.29) is 12.5 Å². The number of rotatable bonds is 9. The molecule has 6 heteroatoms. The minimum Gasteiger partial charge on any atom is -0.483 e. The molecule has 2 aliphatic heterocycles. The van der Waals surface area contributed by atoms with Gasteiger partial charge in [-0.05, 0) is 32.4 Å². The van der Waals surface area contributed by atoms with Crippen LogP contribution < -0.4 is 10.1 Å². The number of nitrogens with one attached hydrogen (secondary N) is 1. The summed E-state index contributed by atoms with van der Waals surface area (Å²) in [7, 11) is 0. The van der Waals surface area contributed by atoms with Crippen LogP contribution >= 0.6 is 0 Å². The summed E-state index contributed by atoms with van der Waals surface area (Å²) in [5.41, 5.74) is 1.11. The van der Waals surface area contributed by atoms with Gasteiger partial charge in [0.1, 0.15) is 5.75 Å². The van der Waals surface area contributed by atoms with Crippen molar-refractivity contribution in [1.29, 1.82) is 0 Å². The number of ether oxygens (including phenoxy) is 1. The van der Waals surface area contributed by atoms with Crippen molar-refractivity contribution < 1.29 is 9.53 Å². The Balaban J connectivity index is 1.42. The molecule has 0 spiro atoms. The molecule has 6 nitrogen and oxygen atoms in total. The SMILES string of the molecule is CCN1CCN(C(C)CNCc2ccccc2OCC(=O)N2CCCC2)CC1. The maximum Gasteiger partial charge on any atom is 0.260 e. The Hall–Kier alpha value is -1.63. The average molecular weight is 389 g/mol. The monoisotopic (exact) mass is 388 g/mol. The molecule has 1 amide bonds. The Labute approximate surface area is 169 Å². The highest BCUT2D eigenvalue weighted by Crippen LogP contribution is 2.18. The van der Waals surface area contributed by atoms with E-state index >= 15 is 0 Å². The molecular formula is C22H36N4O2. The van der Waals surface area contributed by atoms with Crippen LogP contribution in [0.3, 0.4) is 0 Å². The minimum absolute atomic E-state index is 0.0973. The Kier molecular flexibility index (Phi) is 8.13. The molecule has 0 radical (unpaired) electrons. The lowest BCUT2D eigenvalue weighted by Gasteiger charge is -2.37. The predicted octanol–water partition coefficient (Wildman–Crippen LogP) is 1.80. The number of likely N-dealkylation sites (tertiary alicyclic amines) is 1. The van der Waals surface area contributed by atoms with Gasteiger partial charge in [0.05, 0.1) is 0 Å². The molecule has 2 aliphatic rings. The first-order chi connectivity index (χ1) is 13.7. The van der Waals surface area contributed by atoms with E-state index < -0.39 is 0 Å². The molecule has 1 atom stereocenters. The van der Waals surface area contributed by atoms with E-state index in [2.05, 4.69) is 35.0 Å². The van der Waals surface area contributed by atoms with E-state index in [9.17, 15) is 4.79 Å². The van der Waals surface area contributed by atoms with Crippen LogP contribution in [0.5, 0.6) is 5.75 Å².